The van der Waals surface area contributed by atoms with Crippen LogP contribution >= 0.6 is 0 Å². The first kappa shape index (κ1) is 8.77. The number of ether oxygens (including phenoxy) is 2. The summed E-state index contributed by atoms with van der Waals surface area (Å²) in [6, 6.07) is 0. The lowest BCUT2D eigenvalue weighted by Gasteiger charge is -2.20. The van der Waals surface area contributed by atoms with Crippen LogP contribution in [0.5, 0.6) is 0 Å². The number of hydrogen-bond donors (Lipinski definition) is 0. The van der Waals surface area contributed by atoms with Gasteiger partial charge in [-0.05, 0) is 13.8 Å². The van der Waals surface area contributed by atoms with E-state index in [1.165, 1.54) is 0 Å². The van der Waals surface area contributed by atoms with Gasteiger partial charge in [-0.3, -0.25) is 0 Å². The maximum Gasteiger partial charge on any atom is 0.331 e. The molecule has 4 nitrogen and oxygen atoms in total. The number of hydrogen-bond acceptors (Lipinski definition) is 4. The average Bonchev–Trinajstić information content (AvgIpc) is 1.99. The predicted octanol–water partition coefficient (Wildman–Crippen LogP) is 0.420. The molecule has 2 unspecified atom stereocenters. The minimum Gasteiger partial charge on any atom is -0.456 e. The molecule has 4 heteroatoms. The molecule has 2 atom stereocenters. The van der Waals surface area contributed by atoms with Gasteiger partial charge < -0.3 is 9.47 Å². The Bertz CT molecular complexity index is 207. The second-order valence-corrected chi connectivity index (χ2v) is 2.62. The Morgan fingerprint density at radius 2 is 1.33 bits per heavy atom. The fourth-order valence-corrected chi connectivity index (χ4v) is 0.773. The Hall–Kier alpha value is -1.32. The fraction of sp³-hybridized carbons (Fsp3) is 0.500. The van der Waals surface area contributed by atoms with E-state index in [1.54, 1.807) is 13.8 Å². The fourth-order valence-electron chi connectivity index (χ4n) is 0.773. The van der Waals surface area contributed by atoms with Gasteiger partial charge in [0.1, 0.15) is 12.2 Å². The van der Waals surface area contributed by atoms with Crippen LogP contribution in [0.1, 0.15) is 13.8 Å². The van der Waals surface area contributed by atoms with Gasteiger partial charge in [0.05, 0.1) is 0 Å². The topological polar surface area (TPSA) is 52.6 Å². The maximum atomic E-state index is 10.8. The van der Waals surface area contributed by atoms with Crippen molar-refractivity contribution in [2.24, 2.45) is 0 Å². The van der Waals surface area contributed by atoms with Crippen LogP contribution in [0.15, 0.2) is 12.2 Å². The Morgan fingerprint density at radius 1 is 1.00 bits per heavy atom. The van der Waals surface area contributed by atoms with Crippen molar-refractivity contribution in [2.75, 3.05) is 0 Å². The van der Waals surface area contributed by atoms with Crippen LogP contribution in [0.4, 0.5) is 0 Å². The van der Waals surface area contributed by atoms with Crippen molar-refractivity contribution < 1.29 is 19.1 Å². The van der Waals surface area contributed by atoms with E-state index in [1.807, 2.05) is 0 Å². The van der Waals surface area contributed by atoms with Gasteiger partial charge in [0, 0.05) is 12.2 Å². The number of cyclic esters (lactones) is 2. The molecule has 0 N–H and O–H groups in total. The van der Waals surface area contributed by atoms with Crippen LogP contribution in [-0.4, -0.2) is 24.1 Å². The van der Waals surface area contributed by atoms with Crippen molar-refractivity contribution in [2.45, 2.75) is 26.1 Å². The summed E-state index contributed by atoms with van der Waals surface area (Å²) in [4.78, 5) is 21.6. The van der Waals surface area contributed by atoms with Gasteiger partial charge in [0.15, 0.2) is 0 Å². The number of rotatable bonds is 0. The van der Waals surface area contributed by atoms with Crippen molar-refractivity contribution in [3.05, 3.63) is 12.2 Å². The molecule has 0 saturated carbocycles. The summed E-state index contributed by atoms with van der Waals surface area (Å²) in [5, 5.41) is 0. The van der Waals surface area contributed by atoms with Crippen LogP contribution in [0.3, 0.4) is 0 Å². The Kier molecular flexibility index (Phi) is 2.47. The van der Waals surface area contributed by atoms with Crippen LogP contribution in [0.25, 0.3) is 0 Å². The van der Waals surface area contributed by atoms with Crippen molar-refractivity contribution in [3.63, 3.8) is 0 Å². The quantitative estimate of drug-likeness (QED) is 0.494. The molecule has 0 fully saturated rings. The first-order chi connectivity index (χ1) is 5.59. The molecular weight excluding hydrogens is 160 g/mol. The SMILES string of the molecule is CC1OC(=O)/C=C/C(=O)OC1C. The smallest absolute Gasteiger partial charge is 0.331 e. The molecule has 12 heavy (non-hydrogen) atoms. The number of carbonyl (C=O) groups is 2. The third kappa shape index (κ3) is 2.08. The van der Waals surface area contributed by atoms with E-state index in [4.69, 9.17) is 9.47 Å². The lowest BCUT2D eigenvalue weighted by atomic mass is 10.2. The molecule has 0 aliphatic carbocycles. The van der Waals surface area contributed by atoms with Crippen molar-refractivity contribution in [1.82, 2.24) is 0 Å². The van der Waals surface area contributed by atoms with E-state index in [2.05, 4.69) is 0 Å². The van der Waals surface area contributed by atoms with Gasteiger partial charge in [-0.1, -0.05) is 0 Å². The zero-order chi connectivity index (χ0) is 9.14. The Labute approximate surface area is 70.1 Å². The monoisotopic (exact) mass is 170 g/mol. The summed E-state index contributed by atoms with van der Waals surface area (Å²) in [7, 11) is 0. The molecule has 66 valence electrons. The first-order valence-electron chi connectivity index (χ1n) is 3.69. The minimum atomic E-state index is -0.508. The van der Waals surface area contributed by atoms with E-state index < -0.39 is 24.1 Å². The molecule has 1 rings (SSSR count). The largest absolute Gasteiger partial charge is 0.456 e. The lowest BCUT2D eigenvalue weighted by molar-refractivity contribution is -0.160. The van der Waals surface area contributed by atoms with Crippen molar-refractivity contribution in [1.29, 1.82) is 0 Å². The maximum absolute atomic E-state index is 10.8. The van der Waals surface area contributed by atoms with Gasteiger partial charge >= 0.3 is 11.9 Å². The third-order valence-electron chi connectivity index (χ3n) is 1.62. The second-order valence-electron chi connectivity index (χ2n) is 2.62. The van der Waals surface area contributed by atoms with Gasteiger partial charge in [-0.25, -0.2) is 9.59 Å². The van der Waals surface area contributed by atoms with E-state index in [0.717, 1.165) is 12.2 Å². The van der Waals surface area contributed by atoms with E-state index in [0.29, 0.717) is 0 Å². The Morgan fingerprint density at radius 3 is 1.67 bits per heavy atom. The second kappa shape index (κ2) is 3.38. The van der Waals surface area contributed by atoms with E-state index >= 15 is 0 Å². The summed E-state index contributed by atoms with van der Waals surface area (Å²) in [5.41, 5.74) is 0. The molecule has 1 heterocycles. The van der Waals surface area contributed by atoms with E-state index in [9.17, 15) is 9.59 Å². The van der Waals surface area contributed by atoms with E-state index in [-0.39, 0.29) is 0 Å². The van der Waals surface area contributed by atoms with Crippen molar-refractivity contribution >= 4 is 11.9 Å². The molecule has 1 aliphatic rings. The van der Waals surface area contributed by atoms with Crippen LogP contribution < -0.4 is 0 Å². The molecule has 0 aromatic rings. The molecule has 0 aromatic heterocycles. The van der Waals surface area contributed by atoms with Gasteiger partial charge in [-0.15, -0.1) is 0 Å². The van der Waals surface area contributed by atoms with Gasteiger partial charge in [0.2, 0.25) is 0 Å². The zero-order valence-electron chi connectivity index (χ0n) is 6.94. The lowest BCUT2D eigenvalue weighted by Crippen LogP contribution is -2.31. The molecule has 0 radical (unpaired) electrons. The normalized spacial score (nSPS) is 32.8. The number of carbonyl (C=O) groups excluding carboxylic acids is 2. The Balaban J connectivity index is 2.75. The first-order valence-corrected chi connectivity index (χ1v) is 3.69. The minimum absolute atomic E-state index is 0.397. The average molecular weight is 170 g/mol. The zero-order valence-corrected chi connectivity index (χ0v) is 6.94. The molecule has 0 spiro atoms. The molecule has 0 bridgehead atoms. The molecular formula is C8H10O4. The molecule has 1 aliphatic heterocycles. The standard InChI is InChI=1S/C8H10O4/c1-5-6(2)12-8(10)4-3-7(9)11-5/h3-6H,1-2H3/b4-3+. The van der Waals surface area contributed by atoms with Gasteiger partial charge in [0.25, 0.3) is 0 Å². The highest BCUT2D eigenvalue weighted by molar-refractivity contribution is 5.92. The highest BCUT2D eigenvalue weighted by Crippen LogP contribution is 2.07. The van der Waals surface area contributed by atoms with Gasteiger partial charge in [-0.2, -0.15) is 0 Å². The summed E-state index contributed by atoms with van der Waals surface area (Å²) < 4.78 is 9.70. The molecule has 0 amide bonds. The van der Waals surface area contributed by atoms with Crippen LogP contribution in [0.2, 0.25) is 0 Å². The summed E-state index contributed by atoms with van der Waals surface area (Å²) in [6.07, 6.45) is 1.33. The number of esters is 2. The summed E-state index contributed by atoms with van der Waals surface area (Å²) >= 11 is 0. The molecule has 0 saturated heterocycles. The summed E-state index contributed by atoms with van der Waals surface area (Å²) in [6.45, 7) is 3.35. The predicted molar refractivity (Wildman–Crippen MR) is 40.2 cm³/mol. The van der Waals surface area contributed by atoms with Crippen molar-refractivity contribution in [3.8, 4) is 0 Å². The highest BCUT2D eigenvalue weighted by Gasteiger charge is 2.21. The van der Waals surface area contributed by atoms with Crippen LogP contribution in [-0.2, 0) is 19.1 Å². The molecule has 0 aromatic carbocycles. The third-order valence-corrected chi connectivity index (χ3v) is 1.62. The summed E-state index contributed by atoms with van der Waals surface area (Å²) in [5.74, 6) is -1.02. The van der Waals surface area contributed by atoms with Crippen LogP contribution in [0, 0.1) is 0 Å². The highest BCUT2D eigenvalue weighted by atomic mass is 16.6.